The summed E-state index contributed by atoms with van der Waals surface area (Å²) in [5, 5.41) is 12.5. The maximum Gasteiger partial charge on any atom is 0.317 e. The van der Waals surface area contributed by atoms with Gasteiger partial charge in [0.2, 0.25) is 0 Å². The van der Waals surface area contributed by atoms with Crippen molar-refractivity contribution in [2.24, 2.45) is 0 Å². The van der Waals surface area contributed by atoms with E-state index in [2.05, 4.69) is 19.2 Å². The molecule has 0 radical (unpaired) electrons. The first kappa shape index (κ1) is 21.5. The van der Waals surface area contributed by atoms with E-state index in [4.69, 9.17) is 21.4 Å². The molecule has 8 heteroatoms. The third kappa shape index (κ3) is 6.68. The van der Waals surface area contributed by atoms with Crippen molar-refractivity contribution in [3.8, 4) is 0 Å². The monoisotopic (exact) mass is 397 g/mol. The average Bonchev–Trinajstić information content (AvgIpc) is 2.59. The van der Waals surface area contributed by atoms with Crippen LogP contribution in [0.1, 0.15) is 19.4 Å². The molecule has 1 aliphatic heterocycles. The quantitative estimate of drug-likeness (QED) is 0.735. The molecule has 1 aromatic rings. The van der Waals surface area contributed by atoms with E-state index in [1.807, 2.05) is 24.3 Å². The van der Waals surface area contributed by atoms with Crippen LogP contribution < -0.4 is 5.32 Å². The minimum Gasteiger partial charge on any atom is -0.480 e. The van der Waals surface area contributed by atoms with Crippen LogP contribution >= 0.6 is 11.6 Å². The Balaban J connectivity index is 1.85. The molecule has 1 fully saturated rings. The Labute approximate surface area is 165 Å². The van der Waals surface area contributed by atoms with Gasteiger partial charge in [-0.3, -0.25) is 9.69 Å². The van der Waals surface area contributed by atoms with Crippen molar-refractivity contribution in [3.63, 3.8) is 0 Å². The van der Waals surface area contributed by atoms with Crippen LogP contribution in [0.4, 0.5) is 4.79 Å². The first-order valence-corrected chi connectivity index (χ1v) is 9.36. The second kappa shape index (κ2) is 9.39. The van der Waals surface area contributed by atoms with E-state index in [9.17, 15) is 9.59 Å². The van der Waals surface area contributed by atoms with E-state index < -0.39 is 5.97 Å². The highest BCUT2D eigenvalue weighted by atomic mass is 35.5. The number of aliphatic carboxylic acids is 1. The van der Waals surface area contributed by atoms with E-state index >= 15 is 0 Å². The molecule has 1 saturated heterocycles. The summed E-state index contributed by atoms with van der Waals surface area (Å²) in [5.74, 6) is -0.882. The molecule has 150 valence electrons. The number of benzene rings is 1. The fourth-order valence-corrected chi connectivity index (χ4v) is 3.19. The zero-order chi connectivity index (χ0) is 20.0. The van der Waals surface area contributed by atoms with Crippen LogP contribution in [0.2, 0.25) is 5.02 Å². The maximum atomic E-state index is 12.6. The molecular weight excluding hydrogens is 370 g/mol. The summed E-state index contributed by atoms with van der Waals surface area (Å²) in [6.07, 6.45) is -0.196. The molecule has 0 aromatic heterocycles. The van der Waals surface area contributed by atoms with E-state index in [-0.39, 0.29) is 24.1 Å². The number of carbonyl (C=O) groups is 2. The molecule has 1 aromatic carbocycles. The van der Waals surface area contributed by atoms with E-state index in [0.29, 0.717) is 37.8 Å². The van der Waals surface area contributed by atoms with Crippen molar-refractivity contribution in [3.05, 3.63) is 34.9 Å². The number of ether oxygens (including phenoxy) is 1. The van der Waals surface area contributed by atoms with Crippen LogP contribution in [0, 0.1) is 0 Å². The fraction of sp³-hybridized carbons (Fsp3) is 0.579. The zero-order valence-electron chi connectivity index (χ0n) is 16.1. The predicted molar refractivity (Wildman–Crippen MR) is 104 cm³/mol. The van der Waals surface area contributed by atoms with Crippen molar-refractivity contribution < 1.29 is 19.4 Å². The molecule has 0 spiro atoms. The first-order valence-electron chi connectivity index (χ1n) is 8.98. The number of rotatable bonds is 7. The van der Waals surface area contributed by atoms with Crippen molar-refractivity contribution >= 4 is 23.6 Å². The van der Waals surface area contributed by atoms with E-state index in [0.717, 1.165) is 5.56 Å². The highest BCUT2D eigenvalue weighted by Crippen LogP contribution is 2.24. The number of likely N-dealkylation sites (N-methyl/N-ethyl adjacent to an activating group) is 1. The number of hydrogen-bond donors (Lipinski definition) is 2. The summed E-state index contributed by atoms with van der Waals surface area (Å²) >= 11 is 5.94. The van der Waals surface area contributed by atoms with Crippen LogP contribution in [-0.2, 0) is 14.9 Å². The van der Waals surface area contributed by atoms with Crippen molar-refractivity contribution in [2.45, 2.75) is 25.4 Å². The molecule has 0 saturated carbocycles. The second-order valence-corrected chi connectivity index (χ2v) is 8.02. The van der Waals surface area contributed by atoms with Gasteiger partial charge in [-0.1, -0.05) is 37.6 Å². The number of halogens is 1. The number of urea groups is 1. The van der Waals surface area contributed by atoms with Gasteiger partial charge in [-0.15, -0.1) is 0 Å². The van der Waals surface area contributed by atoms with Gasteiger partial charge < -0.3 is 20.1 Å². The largest absolute Gasteiger partial charge is 0.480 e. The van der Waals surface area contributed by atoms with Gasteiger partial charge in [0, 0.05) is 36.6 Å². The Kier molecular flexibility index (Phi) is 7.47. The molecule has 7 nitrogen and oxygen atoms in total. The Morgan fingerprint density at radius 3 is 2.67 bits per heavy atom. The van der Waals surface area contributed by atoms with Crippen molar-refractivity contribution in [1.29, 1.82) is 0 Å². The second-order valence-electron chi connectivity index (χ2n) is 7.58. The Hall–Kier alpha value is -1.83. The lowest BCUT2D eigenvalue weighted by Gasteiger charge is -2.35. The summed E-state index contributed by atoms with van der Waals surface area (Å²) in [4.78, 5) is 26.7. The van der Waals surface area contributed by atoms with Crippen LogP contribution in [-0.4, -0.2) is 79.4 Å². The molecular formula is C19H28ClN3O4. The van der Waals surface area contributed by atoms with Crippen LogP contribution in [0.3, 0.4) is 0 Å². The summed E-state index contributed by atoms with van der Waals surface area (Å²) in [6.45, 7) is 6.45. The van der Waals surface area contributed by atoms with Gasteiger partial charge in [-0.2, -0.15) is 0 Å². The standard InChI is InChI=1S/C19H28ClN3O4/c1-19(2,14-4-6-15(20)7-5-14)13-21-18(26)23-8-9-27-16(11-23)10-22(3)12-17(24)25/h4-7,16H,8-13H2,1-3H3,(H,21,26)(H,24,25). The summed E-state index contributed by atoms with van der Waals surface area (Å²) in [6, 6.07) is 7.50. The number of carboxylic acid groups (broad SMARTS) is 1. The molecule has 2 N–H and O–H groups in total. The molecule has 1 aliphatic rings. The lowest BCUT2D eigenvalue weighted by atomic mass is 9.85. The first-order chi connectivity index (χ1) is 12.7. The number of carboxylic acids is 1. The molecule has 0 bridgehead atoms. The predicted octanol–water partition coefficient (Wildman–Crippen LogP) is 2.04. The molecule has 0 aliphatic carbocycles. The van der Waals surface area contributed by atoms with Gasteiger partial charge in [0.1, 0.15) is 0 Å². The molecule has 1 atom stereocenters. The number of carbonyl (C=O) groups excluding carboxylic acids is 1. The van der Waals surface area contributed by atoms with Crippen molar-refractivity contribution in [2.75, 3.05) is 46.4 Å². The lowest BCUT2D eigenvalue weighted by Crippen LogP contribution is -2.53. The van der Waals surface area contributed by atoms with Gasteiger partial charge in [-0.25, -0.2) is 4.79 Å². The topological polar surface area (TPSA) is 82.1 Å². The highest BCUT2D eigenvalue weighted by Gasteiger charge is 2.27. The number of hydrogen-bond acceptors (Lipinski definition) is 4. The van der Waals surface area contributed by atoms with Crippen LogP contribution in [0.5, 0.6) is 0 Å². The van der Waals surface area contributed by atoms with Gasteiger partial charge in [0.05, 0.1) is 19.3 Å². The van der Waals surface area contributed by atoms with Gasteiger partial charge in [0.15, 0.2) is 0 Å². The molecule has 2 rings (SSSR count). The number of amides is 2. The van der Waals surface area contributed by atoms with Gasteiger partial charge >= 0.3 is 12.0 Å². The number of nitrogens with zero attached hydrogens (tertiary/aromatic N) is 2. The average molecular weight is 398 g/mol. The summed E-state index contributed by atoms with van der Waals surface area (Å²) in [5.41, 5.74) is 0.871. The third-order valence-electron chi connectivity index (χ3n) is 4.65. The van der Waals surface area contributed by atoms with E-state index in [1.165, 1.54) is 0 Å². The summed E-state index contributed by atoms with van der Waals surface area (Å²) < 4.78 is 5.67. The normalized spacial score (nSPS) is 17.8. The smallest absolute Gasteiger partial charge is 0.317 e. The van der Waals surface area contributed by atoms with Crippen LogP contribution in [0.25, 0.3) is 0 Å². The number of morpholine rings is 1. The zero-order valence-corrected chi connectivity index (χ0v) is 16.8. The maximum absolute atomic E-state index is 12.6. The van der Waals surface area contributed by atoms with Crippen LogP contribution in [0.15, 0.2) is 24.3 Å². The highest BCUT2D eigenvalue weighted by molar-refractivity contribution is 6.30. The summed E-state index contributed by atoms with van der Waals surface area (Å²) in [7, 11) is 1.73. The lowest BCUT2D eigenvalue weighted by molar-refractivity contribution is -0.138. The fourth-order valence-electron chi connectivity index (χ4n) is 3.07. The van der Waals surface area contributed by atoms with Crippen molar-refractivity contribution in [1.82, 2.24) is 15.1 Å². The minimum atomic E-state index is -0.882. The van der Waals surface area contributed by atoms with E-state index in [1.54, 1.807) is 16.8 Å². The Morgan fingerprint density at radius 2 is 2.04 bits per heavy atom. The Morgan fingerprint density at radius 1 is 1.37 bits per heavy atom. The minimum absolute atomic E-state index is 0.0542. The third-order valence-corrected chi connectivity index (χ3v) is 4.91. The Bertz CT molecular complexity index is 651. The molecule has 1 unspecified atom stereocenters. The molecule has 1 heterocycles. The van der Waals surface area contributed by atoms with Gasteiger partial charge in [-0.05, 0) is 24.7 Å². The van der Waals surface area contributed by atoms with Gasteiger partial charge in [0.25, 0.3) is 0 Å². The SMILES string of the molecule is CN(CC(=O)O)CC1CN(C(=O)NCC(C)(C)c2ccc(Cl)cc2)CCO1. The number of nitrogens with one attached hydrogen (secondary N) is 1. The molecule has 27 heavy (non-hydrogen) atoms. The molecule has 2 amide bonds.